The molecule has 0 bridgehead atoms. The molecule has 2 heterocycles. The summed E-state index contributed by atoms with van der Waals surface area (Å²) in [6, 6.07) is 22.5. The summed E-state index contributed by atoms with van der Waals surface area (Å²) in [6.45, 7) is 2.00. The van der Waals surface area contributed by atoms with Gasteiger partial charge in [0.05, 0.1) is 0 Å². The third kappa shape index (κ3) is 6.73. The number of rotatable bonds is 9. The number of likely N-dealkylation sites (tertiary alicyclic amines) is 1. The number of hydrogen-bond donors (Lipinski definition) is 5. The van der Waals surface area contributed by atoms with Crippen LogP contribution in [0.1, 0.15) is 31.4 Å². The molecule has 5 rings (SSSR count). The van der Waals surface area contributed by atoms with E-state index in [1.54, 1.807) is 17.0 Å². The number of carbonyl (C=O) groups is 4. The van der Waals surface area contributed by atoms with Crippen molar-refractivity contribution in [3.63, 3.8) is 0 Å². The van der Waals surface area contributed by atoms with Crippen LogP contribution in [0.3, 0.4) is 0 Å². The highest BCUT2D eigenvalue weighted by atomic mass is 16.4. The van der Waals surface area contributed by atoms with Gasteiger partial charge in [0, 0.05) is 34.5 Å². The minimum absolute atomic E-state index is 0.0818. The van der Waals surface area contributed by atoms with Crippen molar-refractivity contribution < 1.29 is 24.3 Å². The zero-order valence-electron chi connectivity index (χ0n) is 24.8. The molecule has 0 saturated carbocycles. The molecule has 44 heavy (non-hydrogen) atoms. The Hall–Kier alpha value is -5.16. The molecular formula is C33H36N6O5. The van der Waals surface area contributed by atoms with E-state index in [4.69, 9.17) is 5.11 Å². The number of anilines is 2. The van der Waals surface area contributed by atoms with Gasteiger partial charge in [0.1, 0.15) is 18.1 Å². The molecule has 0 spiro atoms. The summed E-state index contributed by atoms with van der Waals surface area (Å²) in [5, 5.41) is 17.5. The first-order chi connectivity index (χ1) is 21.1. The van der Waals surface area contributed by atoms with Gasteiger partial charge in [-0.05, 0) is 81.4 Å². The molecule has 228 valence electrons. The lowest BCUT2D eigenvalue weighted by Gasteiger charge is -2.31. The number of aromatic nitrogens is 1. The van der Waals surface area contributed by atoms with Crippen LogP contribution in [-0.4, -0.2) is 76.4 Å². The Balaban J connectivity index is 1.26. The predicted octanol–water partition coefficient (Wildman–Crippen LogP) is 4.66. The monoisotopic (exact) mass is 596 g/mol. The van der Waals surface area contributed by atoms with Crippen LogP contribution >= 0.6 is 0 Å². The maximum Gasteiger partial charge on any atom is 0.405 e. The van der Waals surface area contributed by atoms with Crippen LogP contribution in [-0.2, 0) is 14.4 Å². The summed E-state index contributed by atoms with van der Waals surface area (Å²) in [6.07, 6.45) is 0.103. The molecule has 3 aromatic carbocycles. The summed E-state index contributed by atoms with van der Waals surface area (Å²) in [5.74, 6) is -0.747. The second kappa shape index (κ2) is 13.0. The van der Waals surface area contributed by atoms with Crippen molar-refractivity contribution >= 4 is 46.1 Å². The van der Waals surface area contributed by atoms with Gasteiger partial charge in [0.25, 0.3) is 0 Å². The number of H-pyrrole nitrogens is 1. The van der Waals surface area contributed by atoms with E-state index < -0.39 is 30.1 Å². The quantitative estimate of drug-likeness (QED) is 0.190. The van der Waals surface area contributed by atoms with Gasteiger partial charge >= 0.3 is 6.09 Å². The van der Waals surface area contributed by atoms with Gasteiger partial charge in [-0.1, -0.05) is 42.5 Å². The first kappa shape index (κ1) is 30.3. The van der Waals surface area contributed by atoms with Crippen molar-refractivity contribution in [2.75, 3.05) is 31.3 Å². The maximum atomic E-state index is 13.7. The normalized spacial score (nSPS) is 16.0. The Morgan fingerprint density at radius 2 is 1.64 bits per heavy atom. The smallest absolute Gasteiger partial charge is 0.405 e. The van der Waals surface area contributed by atoms with Crippen LogP contribution in [0.25, 0.3) is 22.2 Å². The minimum Gasteiger partial charge on any atom is -0.465 e. The number of nitrogens with zero attached hydrogens (tertiary/aromatic N) is 2. The fourth-order valence-corrected chi connectivity index (χ4v) is 5.58. The van der Waals surface area contributed by atoms with Crippen LogP contribution in [0.2, 0.25) is 0 Å². The van der Waals surface area contributed by atoms with E-state index in [9.17, 15) is 19.2 Å². The summed E-state index contributed by atoms with van der Waals surface area (Å²) in [7, 11) is 3.74. The third-order valence-electron chi connectivity index (χ3n) is 7.79. The van der Waals surface area contributed by atoms with Crippen molar-refractivity contribution in [1.29, 1.82) is 0 Å². The van der Waals surface area contributed by atoms with Crippen molar-refractivity contribution in [3.05, 3.63) is 84.4 Å². The number of amides is 4. The van der Waals surface area contributed by atoms with Crippen LogP contribution in [0.15, 0.2) is 78.9 Å². The van der Waals surface area contributed by atoms with Gasteiger partial charge in [-0.25, -0.2) is 4.79 Å². The Bertz CT molecular complexity index is 1670. The van der Waals surface area contributed by atoms with Gasteiger partial charge in [-0.15, -0.1) is 0 Å². The lowest BCUT2D eigenvalue weighted by atomic mass is 10.0. The summed E-state index contributed by atoms with van der Waals surface area (Å²) >= 11 is 0. The minimum atomic E-state index is -1.27. The highest BCUT2D eigenvalue weighted by Crippen LogP contribution is 2.29. The molecule has 1 aliphatic rings. The topological polar surface area (TPSA) is 147 Å². The fourth-order valence-electron chi connectivity index (χ4n) is 5.58. The Labute approximate surface area is 255 Å². The van der Waals surface area contributed by atoms with E-state index in [-0.39, 0.29) is 11.8 Å². The van der Waals surface area contributed by atoms with E-state index in [1.807, 2.05) is 85.7 Å². The third-order valence-corrected chi connectivity index (χ3v) is 7.79. The summed E-state index contributed by atoms with van der Waals surface area (Å²) in [4.78, 5) is 57.0. The number of aromatic amines is 1. The van der Waals surface area contributed by atoms with Crippen LogP contribution in [0.4, 0.5) is 16.2 Å². The van der Waals surface area contributed by atoms with E-state index in [1.165, 1.54) is 6.92 Å². The molecule has 11 heteroatoms. The highest BCUT2D eigenvalue weighted by Gasteiger charge is 2.38. The second-order valence-electron chi connectivity index (χ2n) is 11.2. The number of carboxylic acid groups (broad SMARTS) is 1. The zero-order chi connectivity index (χ0) is 31.4. The standard InChI is InChI=1S/C33H36N6O5/c1-20(34-33(43)44)30(40)35-24-13-11-21(12-14-24)27-19-23-18-25(15-16-26(23)37-27)36-31(41)28-10-7-17-39(28)32(42)29(38(2)3)22-8-5-4-6-9-22/h4-6,8-9,11-16,18-20,28-29,34,37H,7,10,17H2,1-3H3,(H,35,40)(H,36,41)(H,43,44)/t20-,28+,29+/m0/s1. The van der Waals surface area contributed by atoms with Crippen molar-refractivity contribution in [3.8, 4) is 11.3 Å². The van der Waals surface area contributed by atoms with E-state index in [0.717, 1.165) is 34.1 Å². The number of nitrogens with one attached hydrogen (secondary N) is 4. The largest absolute Gasteiger partial charge is 0.465 e. The Kier molecular flexibility index (Phi) is 8.96. The van der Waals surface area contributed by atoms with Crippen molar-refractivity contribution in [2.45, 2.75) is 37.9 Å². The van der Waals surface area contributed by atoms with E-state index in [0.29, 0.717) is 24.3 Å². The van der Waals surface area contributed by atoms with Crippen LogP contribution in [0, 0.1) is 0 Å². The van der Waals surface area contributed by atoms with Gasteiger partial charge in [-0.3, -0.25) is 19.3 Å². The van der Waals surface area contributed by atoms with Gasteiger partial charge in [-0.2, -0.15) is 0 Å². The number of likely N-dealkylation sites (N-methyl/N-ethyl adjacent to an activating group) is 1. The average Bonchev–Trinajstić information content (AvgIpc) is 3.65. The maximum absolute atomic E-state index is 13.7. The van der Waals surface area contributed by atoms with Gasteiger partial charge in [0.2, 0.25) is 17.7 Å². The fraction of sp³-hybridized carbons (Fsp3) is 0.273. The predicted molar refractivity (Wildman–Crippen MR) is 169 cm³/mol. The zero-order valence-corrected chi connectivity index (χ0v) is 24.8. The molecule has 1 saturated heterocycles. The lowest BCUT2D eigenvalue weighted by molar-refractivity contribution is -0.140. The molecule has 1 aliphatic heterocycles. The highest BCUT2D eigenvalue weighted by molar-refractivity contribution is 6.00. The molecule has 5 N–H and O–H groups in total. The van der Waals surface area contributed by atoms with Crippen molar-refractivity contribution in [2.24, 2.45) is 0 Å². The van der Waals surface area contributed by atoms with Gasteiger partial charge < -0.3 is 30.9 Å². The van der Waals surface area contributed by atoms with Crippen LogP contribution < -0.4 is 16.0 Å². The Morgan fingerprint density at radius 1 is 0.932 bits per heavy atom. The molecule has 0 aliphatic carbocycles. The second-order valence-corrected chi connectivity index (χ2v) is 11.2. The number of fused-ring (bicyclic) bond motifs is 1. The van der Waals surface area contributed by atoms with E-state index in [2.05, 4.69) is 20.9 Å². The molecule has 3 atom stereocenters. The molecule has 0 unspecified atom stereocenters. The molecular weight excluding hydrogens is 560 g/mol. The van der Waals surface area contributed by atoms with Crippen molar-refractivity contribution in [1.82, 2.24) is 20.1 Å². The molecule has 4 aromatic rings. The molecule has 1 aromatic heterocycles. The first-order valence-corrected chi connectivity index (χ1v) is 14.5. The lowest BCUT2D eigenvalue weighted by Crippen LogP contribution is -2.47. The molecule has 11 nitrogen and oxygen atoms in total. The molecule has 0 radical (unpaired) electrons. The summed E-state index contributed by atoms with van der Waals surface area (Å²) in [5.41, 5.74) is 4.70. The summed E-state index contributed by atoms with van der Waals surface area (Å²) < 4.78 is 0. The van der Waals surface area contributed by atoms with Crippen LogP contribution in [0.5, 0.6) is 0 Å². The van der Waals surface area contributed by atoms with E-state index >= 15 is 0 Å². The SMILES string of the molecule is C[C@H](NC(=O)O)C(=O)Nc1ccc(-c2cc3cc(NC(=O)[C@H]4CCCN4C(=O)[C@@H](c4ccccc4)N(C)C)ccc3[nH]2)cc1. The average molecular weight is 597 g/mol. The number of benzene rings is 3. The van der Waals surface area contributed by atoms with Gasteiger partial charge in [0.15, 0.2) is 0 Å². The Morgan fingerprint density at radius 3 is 2.32 bits per heavy atom. The number of hydrogen-bond acceptors (Lipinski definition) is 5. The molecule has 1 fully saturated rings. The first-order valence-electron chi connectivity index (χ1n) is 14.5. The number of carbonyl (C=O) groups excluding carboxylic acids is 3. The molecule has 4 amide bonds.